The van der Waals surface area contributed by atoms with E-state index < -0.39 is 0 Å². The Morgan fingerprint density at radius 1 is 0.447 bits per heavy atom. The van der Waals surface area contributed by atoms with Crippen LogP contribution in [0.3, 0.4) is 0 Å². The molecule has 178 valence electrons. The maximum Gasteiger partial charge on any atom is 0.0933 e. The highest BCUT2D eigenvalue weighted by molar-refractivity contribution is 6.09. The molecule has 0 aliphatic rings. The van der Waals surface area contributed by atoms with Gasteiger partial charge in [0.2, 0.25) is 0 Å². The second kappa shape index (κ2) is 8.19. The minimum absolute atomic E-state index is 0.981. The fraction of sp³-hybridized carbons (Fsp3) is 0. The van der Waals surface area contributed by atoms with Crippen molar-refractivity contribution in [2.45, 2.75) is 0 Å². The van der Waals surface area contributed by atoms with Crippen LogP contribution in [0.1, 0.15) is 0 Å². The number of hydrogen-bond acceptors (Lipinski definition) is 1. The number of nitrogens with zero attached hydrogens (tertiary/aromatic N) is 3. The Balaban J connectivity index is 1.15. The van der Waals surface area contributed by atoms with Crippen molar-refractivity contribution in [2.75, 3.05) is 0 Å². The van der Waals surface area contributed by atoms with E-state index in [4.69, 9.17) is 5.10 Å². The molecule has 0 aliphatic carbocycles. The van der Waals surface area contributed by atoms with Crippen molar-refractivity contribution in [3.63, 3.8) is 0 Å². The molecule has 0 bridgehead atoms. The predicted octanol–water partition coefficient (Wildman–Crippen LogP) is 8.92. The predicted molar refractivity (Wildman–Crippen MR) is 158 cm³/mol. The molecular formula is C35H23N3. The zero-order valence-corrected chi connectivity index (χ0v) is 20.6. The van der Waals surface area contributed by atoms with Gasteiger partial charge >= 0.3 is 0 Å². The van der Waals surface area contributed by atoms with Crippen molar-refractivity contribution < 1.29 is 0 Å². The van der Waals surface area contributed by atoms with Crippen LogP contribution in [0, 0.1) is 0 Å². The SMILES string of the molecule is c1ccc2c(c1)ccc1cc(-c3ccc(-c4ccc(-n5c6ccccc6c6ccccc65)cc4)cc3)nn12. The van der Waals surface area contributed by atoms with Gasteiger partial charge < -0.3 is 4.57 Å². The second-order valence-corrected chi connectivity index (χ2v) is 9.75. The van der Waals surface area contributed by atoms with Crippen LogP contribution in [-0.2, 0) is 0 Å². The summed E-state index contributed by atoms with van der Waals surface area (Å²) >= 11 is 0. The van der Waals surface area contributed by atoms with Crippen LogP contribution < -0.4 is 0 Å². The molecule has 0 spiro atoms. The van der Waals surface area contributed by atoms with Gasteiger partial charge in [-0.3, -0.25) is 0 Å². The molecule has 38 heavy (non-hydrogen) atoms. The number of pyridine rings is 1. The third kappa shape index (κ3) is 3.19. The van der Waals surface area contributed by atoms with Crippen molar-refractivity contribution in [3.8, 4) is 28.1 Å². The van der Waals surface area contributed by atoms with Crippen LogP contribution in [0.15, 0.2) is 140 Å². The van der Waals surface area contributed by atoms with Crippen LogP contribution in [-0.4, -0.2) is 14.2 Å². The van der Waals surface area contributed by atoms with Crippen molar-refractivity contribution in [1.29, 1.82) is 0 Å². The highest BCUT2D eigenvalue weighted by Crippen LogP contribution is 2.33. The van der Waals surface area contributed by atoms with Gasteiger partial charge in [0.05, 0.1) is 27.8 Å². The van der Waals surface area contributed by atoms with Crippen LogP contribution >= 0.6 is 0 Å². The summed E-state index contributed by atoms with van der Waals surface area (Å²) in [7, 11) is 0. The summed E-state index contributed by atoms with van der Waals surface area (Å²) in [5.41, 5.74) is 10.3. The minimum atomic E-state index is 0.981. The highest BCUT2D eigenvalue weighted by atomic mass is 15.2. The third-order valence-electron chi connectivity index (χ3n) is 7.56. The lowest BCUT2D eigenvalue weighted by Gasteiger charge is -2.09. The first-order valence-electron chi connectivity index (χ1n) is 12.9. The van der Waals surface area contributed by atoms with Crippen LogP contribution in [0.2, 0.25) is 0 Å². The molecule has 0 amide bonds. The van der Waals surface area contributed by atoms with Gasteiger partial charge in [-0.2, -0.15) is 5.10 Å². The molecule has 8 rings (SSSR count). The average Bonchev–Trinajstić information content (AvgIpc) is 3.58. The summed E-state index contributed by atoms with van der Waals surface area (Å²) < 4.78 is 4.39. The molecule has 0 fully saturated rings. The molecule has 5 aromatic carbocycles. The number of aromatic nitrogens is 3. The van der Waals surface area contributed by atoms with Gasteiger partial charge in [-0.25, -0.2) is 4.52 Å². The molecule has 3 aromatic heterocycles. The van der Waals surface area contributed by atoms with Crippen LogP contribution in [0.4, 0.5) is 0 Å². The van der Waals surface area contributed by atoms with Crippen LogP contribution in [0.25, 0.3) is 66.3 Å². The molecule has 0 radical (unpaired) electrons. The number of rotatable bonds is 3. The second-order valence-electron chi connectivity index (χ2n) is 9.75. The summed E-state index contributed by atoms with van der Waals surface area (Å²) in [4.78, 5) is 0. The van der Waals surface area contributed by atoms with E-state index in [1.807, 2.05) is 4.52 Å². The van der Waals surface area contributed by atoms with Crippen molar-refractivity contribution in [1.82, 2.24) is 14.2 Å². The van der Waals surface area contributed by atoms with Gasteiger partial charge in [-0.1, -0.05) is 97.1 Å². The molecule has 0 aliphatic heterocycles. The lowest BCUT2D eigenvalue weighted by atomic mass is 10.0. The summed E-state index contributed by atoms with van der Waals surface area (Å²) in [6.07, 6.45) is 0. The van der Waals surface area contributed by atoms with E-state index in [1.165, 1.54) is 44.0 Å². The van der Waals surface area contributed by atoms with Gasteiger partial charge in [0.1, 0.15) is 0 Å². The summed E-state index contributed by atoms with van der Waals surface area (Å²) in [6, 6.07) is 49.6. The summed E-state index contributed by atoms with van der Waals surface area (Å²) in [5.74, 6) is 0. The lowest BCUT2D eigenvalue weighted by molar-refractivity contribution is 1.01. The molecule has 0 atom stereocenters. The first-order valence-corrected chi connectivity index (χ1v) is 12.9. The van der Waals surface area contributed by atoms with Gasteiger partial charge in [0, 0.05) is 27.4 Å². The molecule has 8 aromatic rings. The Bertz CT molecular complexity index is 2060. The largest absolute Gasteiger partial charge is 0.309 e. The van der Waals surface area contributed by atoms with E-state index in [2.05, 4.69) is 144 Å². The third-order valence-corrected chi connectivity index (χ3v) is 7.56. The Morgan fingerprint density at radius 2 is 1.00 bits per heavy atom. The van der Waals surface area contributed by atoms with Crippen molar-refractivity contribution in [3.05, 3.63) is 140 Å². The molecule has 0 saturated heterocycles. The normalized spacial score (nSPS) is 11.7. The quantitative estimate of drug-likeness (QED) is 0.245. The molecule has 0 unspecified atom stereocenters. The number of hydrogen-bond donors (Lipinski definition) is 0. The standard InChI is InChI=1S/C35H23N3/c1-4-10-33-27(7-1)19-22-29-23-32(36-38(29)33)26-15-13-24(14-16-26)25-17-20-28(21-18-25)37-34-11-5-2-8-30(34)31-9-3-6-12-35(31)37/h1-23H. The molecule has 3 heterocycles. The first kappa shape index (κ1) is 21.0. The molecular weight excluding hydrogens is 462 g/mol. The van der Waals surface area contributed by atoms with E-state index >= 15 is 0 Å². The van der Waals surface area contributed by atoms with E-state index in [0.29, 0.717) is 0 Å². The Labute approximate surface area is 219 Å². The van der Waals surface area contributed by atoms with Gasteiger partial charge in [0.15, 0.2) is 0 Å². The van der Waals surface area contributed by atoms with Gasteiger partial charge in [-0.05, 0) is 53.6 Å². The zero-order valence-electron chi connectivity index (χ0n) is 20.6. The maximum absolute atomic E-state index is 4.92. The monoisotopic (exact) mass is 485 g/mol. The number of benzene rings is 5. The lowest BCUT2D eigenvalue weighted by Crippen LogP contribution is -1.93. The fourth-order valence-electron chi connectivity index (χ4n) is 5.68. The maximum atomic E-state index is 4.92. The van der Waals surface area contributed by atoms with E-state index in [1.54, 1.807) is 0 Å². The van der Waals surface area contributed by atoms with Gasteiger partial charge in [0.25, 0.3) is 0 Å². The molecule has 3 heteroatoms. The summed E-state index contributed by atoms with van der Waals surface area (Å²) in [6.45, 7) is 0. The van der Waals surface area contributed by atoms with E-state index in [0.717, 1.165) is 22.3 Å². The summed E-state index contributed by atoms with van der Waals surface area (Å²) in [5, 5.41) is 8.67. The highest BCUT2D eigenvalue weighted by Gasteiger charge is 2.12. The molecule has 0 N–H and O–H groups in total. The topological polar surface area (TPSA) is 22.2 Å². The zero-order chi connectivity index (χ0) is 25.1. The number of fused-ring (bicyclic) bond motifs is 6. The number of para-hydroxylation sites is 3. The first-order chi connectivity index (χ1) is 18.8. The molecule has 3 nitrogen and oxygen atoms in total. The minimum Gasteiger partial charge on any atom is -0.309 e. The average molecular weight is 486 g/mol. The fourth-order valence-corrected chi connectivity index (χ4v) is 5.68. The van der Waals surface area contributed by atoms with Crippen molar-refractivity contribution >= 4 is 38.2 Å². The Kier molecular flexibility index (Phi) is 4.52. The van der Waals surface area contributed by atoms with Crippen molar-refractivity contribution in [2.24, 2.45) is 0 Å². The van der Waals surface area contributed by atoms with Crippen LogP contribution in [0.5, 0.6) is 0 Å². The Morgan fingerprint density at radius 3 is 1.68 bits per heavy atom. The smallest absolute Gasteiger partial charge is 0.0933 e. The van der Waals surface area contributed by atoms with E-state index in [-0.39, 0.29) is 0 Å². The Hall–Kier alpha value is -5.15. The van der Waals surface area contributed by atoms with Gasteiger partial charge in [-0.15, -0.1) is 0 Å². The van der Waals surface area contributed by atoms with E-state index in [9.17, 15) is 0 Å². The molecule has 0 saturated carbocycles.